The minimum absolute atomic E-state index is 0.0311. The highest BCUT2D eigenvalue weighted by molar-refractivity contribution is 5.87. The van der Waals surface area contributed by atoms with E-state index in [0.29, 0.717) is 13.1 Å². The van der Waals surface area contributed by atoms with E-state index in [2.05, 4.69) is 12.1 Å². The van der Waals surface area contributed by atoms with Gasteiger partial charge in [-0.05, 0) is 31.2 Å². The monoisotopic (exact) mass is 316 g/mol. The Morgan fingerprint density at radius 1 is 1.17 bits per heavy atom. The van der Waals surface area contributed by atoms with Crippen LogP contribution in [0.15, 0.2) is 30.3 Å². The molecule has 5 heteroatoms. The summed E-state index contributed by atoms with van der Waals surface area (Å²) in [5.41, 5.74) is 1.25. The van der Waals surface area contributed by atoms with Crippen LogP contribution in [0.5, 0.6) is 0 Å². The topological polar surface area (TPSA) is 60.9 Å². The third kappa shape index (κ3) is 4.32. The molecule has 2 fully saturated rings. The molecule has 23 heavy (non-hydrogen) atoms. The van der Waals surface area contributed by atoms with Gasteiger partial charge in [0, 0.05) is 25.6 Å². The Morgan fingerprint density at radius 3 is 2.61 bits per heavy atom. The van der Waals surface area contributed by atoms with Crippen molar-refractivity contribution in [1.29, 1.82) is 0 Å². The van der Waals surface area contributed by atoms with Gasteiger partial charge < -0.3 is 14.9 Å². The van der Waals surface area contributed by atoms with Gasteiger partial charge >= 0.3 is 0 Å². The van der Waals surface area contributed by atoms with Crippen molar-refractivity contribution in [3.63, 3.8) is 0 Å². The van der Waals surface area contributed by atoms with Crippen LogP contribution in [0.25, 0.3) is 0 Å². The average molecular weight is 316 g/mol. The molecule has 2 amide bonds. The van der Waals surface area contributed by atoms with Gasteiger partial charge in [-0.2, -0.15) is 0 Å². The minimum Gasteiger partial charge on any atom is -0.389 e. The molecule has 0 aromatic heterocycles. The molecule has 0 bridgehead atoms. The summed E-state index contributed by atoms with van der Waals surface area (Å²) in [4.78, 5) is 27.8. The van der Waals surface area contributed by atoms with Gasteiger partial charge in [-0.3, -0.25) is 9.59 Å². The van der Waals surface area contributed by atoms with E-state index >= 15 is 0 Å². The third-order valence-electron chi connectivity index (χ3n) is 4.52. The number of benzene rings is 1. The first-order valence-electron chi connectivity index (χ1n) is 8.42. The zero-order chi connectivity index (χ0) is 16.2. The van der Waals surface area contributed by atoms with Crippen molar-refractivity contribution in [3.05, 3.63) is 35.9 Å². The summed E-state index contributed by atoms with van der Waals surface area (Å²) in [6.45, 7) is 1.33. The summed E-state index contributed by atoms with van der Waals surface area (Å²) in [6, 6.07) is 10.2. The van der Waals surface area contributed by atoms with Crippen LogP contribution in [0.1, 0.15) is 24.8 Å². The Hall–Kier alpha value is -1.88. The van der Waals surface area contributed by atoms with Gasteiger partial charge in [-0.15, -0.1) is 0 Å². The summed E-state index contributed by atoms with van der Waals surface area (Å²) in [7, 11) is 0. The Morgan fingerprint density at radius 2 is 1.91 bits per heavy atom. The van der Waals surface area contributed by atoms with Gasteiger partial charge in [0.2, 0.25) is 11.8 Å². The summed E-state index contributed by atoms with van der Waals surface area (Å²) in [5, 5.41) is 10.1. The van der Waals surface area contributed by atoms with Crippen molar-refractivity contribution in [1.82, 2.24) is 9.80 Å². The quantitative estimate of drug-likeness (QED) is 0.884. The molecular formula is C18H24N2O3. The highest BCUT2D eigenvalue weighted by Crippen LogP contribution is 2.31. The fraction of sp³-hybridized carbons (Fsp3) is 0.556. The van der Waals surface area contributed by atoms with Crippen LogP contribution < -0.4 is 0 Å². The fourth-order valence-corrected chi connectivity index (χ4v) is 3.09. The highest BCUT2D eigenvalue weighted by Gasteiger charge is 2.37. The minimum atomic E-state index is -0.652. The highest BCUT2D eigenvalue weighted by atomic mass is 16.3. The van der Waals surface area contributed by atoms with Crippen LogP contribution in [0.4, 0.5) is 0 Å². The van der Waals surface area contributed by atoms with E-state index < -0.39 is 6.10 Å². The first kappa shape index (κ1) is 16.0. The second-order valence-corrected chi connectivity index (χ2v) is 6.58. The average Bonchev–Trinajstić information content (AvgIpc) is 3.38. The molecule has 1 heterocycles. The first-order valence-corrected chi connectivity index (χ1v) is 8.42. The summed E-state index contributed by atoms with van der Waals surface area (Å²) < 4.78 is 0. The predicted molar refractivity (Wildman–Crippen MR) is 86.7 cm³/mol. The van der Waals surface area contributed by atoms with Crippen LogP contribution in [0.3, 0.4) is 0 Å². The number of aryl methyl sites for hydroxylation is 1. The lowest BCUT2D eigenvalue weighted by atomic mass is 10.1. The maximum absolute atomic E-state index is 12.4. The molecular weight excluding hydrogens is 292 g/mol. The molecule has 2 aliphatic rings. The van der Waals surface area contributed by atoms with Crippen LogP contribution in [0.2, 0.25) is 0 Å². The van der Waals surface area contributed by atoms with Crippen molar-refractivity contribution in [2.75, 3.05) is 26.2 Å². The van der Waals surface area contributed by atoms with Crippen LogP contribution in [-0.4, -0.2) is 59.0 Å². The molecule has 0 radical (unpaired) electrons. The van der Waals surface area contributed by atoms with Crippen LogP contribution >= 0.6 is 0 Å². The van der Waals surface area contributed by atoms with E-state index in [1.54, 1.807) is 9.80 Å². The van der Waals surface area contributed by atoms with Gasteiger partial charge in [0.05, 0.1) is 12.6 Å². The second kappa shape index (κ2) is 7.13. The van der Waals surface area contributed by atoms with Gasteiger partial charge in [0.25, 0.3) is 0 Å². The summed E-state index contributed by atoms with van der Waals surface area (Å²) in [5.74, 6) is 0.0618. The maximum Gasteiger partial charge on any atom is 0.242 e. The van der Waals surface area contributed by atoms with Crippen LogP contribution in [0, 0.1) is 5.92 Å². The van der Waals surface area contributed by atoms with E-state index in [0.717, 1.165) is 25.7 Å². The van der Waals surface area contributed by atoms with E-state index in [9.17, 15) is 14.7 Å². The Bertz CT molecular complexity index is 557. The number of nitrogens with zero attached hydrogens (tertiary/aromatic N) is 2. The largest absolute Gasteiger partial charge is 0.389 e. The lowest BCUT2D eigenvalue weighted by molar-refractivity contribution is -0.139. The van der Waals surface area contributed by atoms with E-state index in [1.807, 2.05) is 18.2 Å². The summed E-state index contributed by atoms with van der Waals surface area (Å²) >= 11 is 0. The van der Waals surface area contributed by atoms with Gasteiger partial charge in [-0.25, -0.2) is 0 Å². The van der Waals surface area contributed by atoms with E-state index in [1.165, 1.54) is 5.56 Å². The van der Waals surface area contributed by atoms with Crippen molar-refractivity contribution in [2.45, 2.75) is 31.8 Å². The lowest BCUT2D eigenvalue weighted by Crippen LogP contribution is -2.40. The number of carbonyl (C=O) groups excluding carboxylic acids is 2. The van der Waals surface area contributed by atoms with Crippen LogP contribution in [-0.2, 0) is 16.0 Å². The number of aliphatic hydroxyl groups is 1. The normalized spacial score (nSPS) is 22.1. The molecule has 1 aromatic carbocycles. The van der Waals surface area contributed by atoms with Gasteiger partial charge in [0.1, 0.15) is 0 Å². The molecule has 1 aliphatic heterocycles. The maximum atomic E-state index is 12.4. The number of amides is 2. The Labute approximate surface area is 136 Å². The fourth-order valence-electron chi connectivity index (χ4n) is 3.09. The summed E-state index contributed by atoms with van der Waals surface area (Å²) in [6.07, 6.45) is 2.95. The van der Waals surface area contributed by atoms with Gasteiger partial charge in [-0.1, -0.05) is 30.3 Å². The second-order valence-electron chi connectivity index (χ2n) is 6.58. The van der Waals surface area contributed by atoms with Crippen molar-refractivity contribution in [2.24, 2.45) is 5.92 Å². The molecule has 0 spiro atoms. The molecule has 1 N–H and O–H groups in total. The number of rotatable bonds is 5. The standard InChI is InChI=1S/C18H24N2O3/c21-16-11-19(10-4-7-14-5-2-1-3-6-14)17(22)13-20(12-16)18(23)15-8-9-15/h1-3,5-6,15-16,21H,4,7-13H2. The van der Waals surface area contributed by atoms with Crippen molar-refractivity contribution >= 4 is 11.8 Å². The van der Waals surface area contributed by atoms with E-state index in [4.69, 9.17) is 0 Å². The number of carbonyl (C=O) groups is 2. The van der Waals surface area contributed by atoms with Gasteiger partial charge in [0.15, 0.2) is 0 Å². The molecule has 1 saturated carbocycles. The molecule has 3 rings (SSSR count). The molecule has 124 valence electrons. The third-order valence-corrected chi connectivity index (χ3v) is 4.52. The SMILES string of the molecule is O=C1CN(C(=O)C2CC2)CC(O)CN1CCCc1ccccc1. The number of hydrogen-bond acceptors (Lipinski definition) is 3. The number of hydrogen-bond donors (Lipinski definition) is 1. The first-order chi connectivity index (χ1) is 11.1. The Kier molecular flexibility index (Phi) is 4.96. The van der Waals surface area contributed by atoms with E-state index in [-0.39, 0.29) is 30.8 Å². The number of aliphatic hydroxyl groups excluding tert-OH is 1. The molecule has 5 nitrogen and oxygen atoms in total. The zero-order valence-corrected chi connectivity index (χ0v) is 13.4. The zero-order valence-electron chi connectivity index (χ0n) is 13.4. The number of β-amino-alcohol motifs (C(OH)–C–C–N with tert-alkyl or cyclic N) is 1. The molecule has 1 aromatic rings. The molecule has 1 saturated heterocycles. The lowest BCUT2D eigenvalue weighted by Gasteiger charge is -2.21. The van der Waals surface area contributed by atoms with Crippen molar-refractivity contribution < 1.29 is 14.7 Å². The molecule has 1 unspecified atom stereocenters. The molecule has 1 atom stereocenters. The van der Waals surface area contributed by atoms with Crippen molar-refractivity contribution in [3.8, 4) is 0 Å². The molecule has 1 aliphatic carbocycles. The smallest absolute Gasteiger partial charge is 0.242 e. The Balaban J connectivity index is 1.53. The predicted octanol–water partition coefficient (Wildman–Crippen LogP) is 1.06.